The second kappa shape index (κ2) is 5.51. The lowest BCUT2D eigenvalue weighted by Crippen LogP contribution is -2.31. The average Bonchev–Trinajstić information content (AvgIpc) is 2.18. The predicted octanol–water partition coefficient (Wildman–Crippen LogP) is 1.69. The molecule has 15 heavy (non-hydrogen) atoms. The highest BCUT2D eigenvalue weighted by Gasteiger charge is 2.08. The van der Waals surface area contributed by atoms with Crippen LogP contribution in [0.2, 0.25) is 0 Å². The Kier molecular flexibility index (Phi) is 4.31. The molecule has 0 saturated heterocycles. The Hall–Kier alpha value is -1.35. The quantitative estimate of drug-likeness (QED) is 0.567. The summed E-state index contributed by atoms with van der Waals surface area (Å²) in [4.78, 5) is 2.18. The Bertz CT molecular complexity index is 308. The van der Waals surface area contributed by atoms with Crippen molar-refractivity contribution in [3.63, 3.8) is 0 Å². The molecule has 1 unspecified atom stereocenters. The van der Waals surface area contributed by atoms with E-state index in [0.29, 0.717) is 0 Å². The van der Waals surface area contributed by atoms with E-state index in [4.69, 9.17) is 11.1 Å². The third-order valence-corrected chi connectivity index (χ3v) is 2.41. The number of hydrogen-bond acceptors (Lipinski definition) is 2. The number of hydrogen-bond donors (Lipinski definition) is 2. The summed E-state index contributed by atoms with van der Waals surface area (Å²) in [5.74, 6) is 0.383. The van der Waals surface area contributed by atoms with Gasteiger partial charge in [0.15, 0.2) is 0 Å². The number of nitrogens with zero attached hydrogens (tertiary/aromatic N) is 1. The first kappa shape index (κ1) is 11.7. The second-order valence-electron chi connectivity index (χ2n) is 4.04. The lowest BCUT2D eigenvalue weighted by Gasteiger charge is -2.20. The summed E-state index contributed by atoms with van der Waals surface area (Å²) < 4.78 is 0. The highest BCUT2D eigenvalue weighted by atomic mass is 15.1. The van der Waals surface area contributed by atoms with Gasteiger partial charge in [0.2, 0.25) is 0 Å². The topological polar surface area (TPSA) is 53.1 Å². The zero-order chi connectivity index (χ0) is 11.3. The summed E-state index contributed by atoms with van der Waals surface area (Å²) in [6.07, 6.45) is 0. The molecule has 3 N–H and O–H groups in total. The molecule has 82 valence electrons. The fraction of sp³-hybridized carbons (Fsp3) is 0.417. The molecule has 0 bridgehead atoms. The molecule has 1 rings (SSSR count). The molecule has 3 nitrogen and oxygen atoms in total. The Morgan fingerprint density at radius 3 is 2.53 bits per heavy atom. The number of amidine groups is 1. The van der Waals surface area contributed by atoms with E-state index in [1.54, 1.807) is 0 Å². The van der Waals surface area contributed by atoms with E-state index in [-0.39, 0.29) is 11.8 Å². The number of rotatable bonds is 5. The van der Waals surface area contributed by atoms with E-state index in [0.717, 1.165) is 13.1 Å². The van der Waals surface area contributed by atoms with Crippen molar-refractivity contribution in [3.05, 3.63) is 35.9 Å². The van der Waals surface area contributed by atoms with Gasteiger partial charge in [0.25, 0.3) is 0 Å². The van der Waals surface area contributed by atoms with E-state index < -0.39 is 0 Å². The summed E-state index contributed by atoms with van der Waals surface area (Å²) in [6.45, 7) is 3.70. The SMILES string of the molecule is CC(CN(C)Cc1ccccc1)C(=N)N. The van der Waals surface area contributed by atoms with Crippen molar-refractivity contribution in [1.29, 1.82) is 5.41 Å². The number of nitrogens with two attached hydrogens (primary N) is 1. The molecule has 0 aliphatic heterocycles. The Morgan fingerprint density at radius 1 is 1.40 bits per heavy atom. The molecule has 0 heterocycles. The van der Waals surface area contributed by atoms with Gasteiger partial charge in [-0.25, -0.2) is 0 Å². The maximum atomic E-state index is 7.32. The molecule has 0 aromatic heterocycles. The van der Waals surface area contributed by atoms with Crippen molar-refractivity contribution < 1.29 is 0 Å². The van der Waals surface area contributed by atoms with Crippen molar-refractivity contribution in [1.82, 2.24) is 4.90 Å². The van der Waals surface area contributed by atoms with Crippen molar-refractivity contribution in [2.45, 2.75) is 13.5 Å². The van der Waals surface area contributed by atoms with Crippen LogP contribution in [0.4, 0.5) is 0 Å². The third-order valence-electron chi connectivity index (χ3n) is 2.41. The summed E-state index contributed by atoms with van der Waals surface area (Å²) in [6, 6.07) is 10.3. The molecule has 1 aromatic carbocycles. The summed E-state index contributed by atoms with van der Waals surface area (Å²) >= 11 is 0. The first-order valence-electron chi connectivity index (χ1n) is 5.16. The monoisotopic (exact) mass is 205 g/mol. The Balaban J connectivity index is 2.43. The van der Waals surface area contributed by atoms with Gasteiger partial charge < -0.3 is 10.6 Å². The van der Waals surface area contributed by atoms with Crippen LogP contribution in [0.3, 0.4) is 0 Å². The first-order chi connectivity index (χ1) is 7.09. The number of nitrogens with one attached hydrogen (secondary N) is 1. The normalized spacial score (nSPS) is 12.7. The average molecular weight is 205 g/mol. The van der Waals surface area contributed by atoms with Crippen LogP contribution in [0.5, 0.6) is 0 Å². The van der Waals surface area contributed by atoms with E-state index in [1.165, 1.54) is 5.56 Å². The zero-order valence-corrected chi connectivity index (χ0v) is 9.40. The first-order valence-corrected chi connectivity index (χ1v) is 5.16. The Labute approximate surface area is 91.4 Å². The second-order valence-corrected chi connectivity index (χ2v) is 4.04. The molecule has 0 radical (unpaired) electrons. The van der Waals surface area contributed by atoms with E-state index >= 15 is 0 Å². The van der Waals surface area contributed by atoms with Crippen LogP contribution >= 0.6 is 0 Å². The zero-order valence-electron chi connectivity index (χ0n) is 9.40. The maximum absolute atomic E-state index is 7.32. The molecule has 0 aliphatic carbocycles. The van der Waals surface area contributed by atoms with Crippen molar-refractivity contribution in [3.8, 4) is 0 Å². The van der Waals surface area contributed by atoms with Gasteiger partial charge in [-0.15, -0.1) is 0 Å². The largest absolute Gasteiger partial charge is 0.387 e. The van der Waals surface area contributed by atoms with Gasteiger partial charge >= 0.3 is 0 Å². The minimum atomic E-state index is 0.124. The van der Waals surface area contributed by atoms with Gasteiger partial charge in [0.1, 0.15) is 0 Å². The molecular weight excluding hydrogens is 186 g/mol. The minimum absolute atomic E-state index is 0.124. The molecule has 0 amide bonds. The highest BCUT2D eigenvalue weighted by Crippen LogP contribution is 2.05. The van der Waals surface area contributed by atoms with Gasteiger partial charge in [0.05, 0.1) is 5.84 Å². The minimum Gasteiger partial charge on any atom is -0.387 e. The smallest absolute Gasteiger partial charge is 0.0947 e. The molecule has 0 saturated carbocycles. The van der Waals surface area contributed by atoms with Crippen LogP contribution in [-0.2, 0) is 6.54 Å². The lowest BCUT2D eigenvalue weighted by atomic mass is 10.1. The van der Waals surface area contributed by atoms with Gasteiger partial charge in [-0.1, -0.05) is 37.3 Å². The fourth-order valence-electron chi connectivity index (χ4n) is 1.53. The standard InChI is InChI=1S/C12H19N3/c1-10(12(13)14)8-15(2)9-11-6-4-3-5-7-11/h3-7,10H,8-9H2,1-2H3,(H3,13,14). The van der Waals surface area contributed by atoms with Crippen LogP contribution in [0.15, 0.2) is 30.3 Å². The van der Waals surface area contributed by atoms with E-state index in [2.05, 4.69) is 17.0 Å². The van der Waals surface area contributed by atoms with Gasteiger partial charge in [0, 0.05) is 19.0 Å². The van der Waals surface area contributed by atoms with Crippen molar-refractivity contribution in [2.75, 3.05) is 13.6 Å². The van der Waals surface area contributed by atoms with Gasteiger partial charge in [-0.05, 0) is 12.6 Å². The van der Waals surface area contributed by atoms with Crippen LogP contribution in [0.1, 0.15) is 12.5 Å². The lowest BCUT2D eigenvalue weighted by molar-refractivity contribution is 0.306. The molecule has 0 spiro atoms. The molecular formula is C12H19N3. The van der Waals surface area contributed by atoms with Gasteiger partial charge in [-0.3, -0.25) is 5.41 Å². The molecule has 1 aromatic rings. The van der Waals surface area contributed by atoms with E-state index in [9.17, 15) is 0 Å². The summed E-state index contributed by atoms with van der Waals surface area (Å²) in [5, 5.41) is 7.32. The maximum Gasteiger partial charge on any atom is 0.0947 e. The van der Waals surface area contributed by atoms with Crippen LogP contribution in [0, 0.1) is 11.3 Å². The molecule has 0 fully saturated rings. The Morgan fingerprint density at radius 2 is 2.00 bits per heavy atom. The third kappa shape index (κ3) is 4.13. The van der Waals surface area contributed by atoms with Crippen LogP contribution in [0.25, 0.3) is 0 Å². The van der Waals surface area contributed by atoms with E-state index in [1.807, 2.05) is 32.2 Å². The van der Waals surface area contributed by atoms with Gasteiger partial charge in [-0.2, -0.15) is 0 Å². The molecule has 0 aliphatic rings. The van der Waals surface area contributed by atoms with Crippen LogP contribution in [-0.4, -0.2) is 24.3 Å². The number of benzene rings is 1. The molecule has 1 atom stereocenters. The predicted molar refractivity (Wildman–Crippen MR) is 63.9 cm³/mol. The van der Waals surface area contributed by atoms with Crippen molar-refractivity contribution >= 4 is 5.84 Å². The fourth-order valence-corrected chi connectivity index (χ4v) is 1.53. The van der Waals surface area contributed by atoms with Crippen molar-refractivity contribution in [2.24, 2.45) is 11.7 Å². The highest BCUT2D eigenvalue weighted by molar-refractivity contribution is 5.79. The molecule has 3 heteroatoms. The summed E-state index contributed by atoms with van der Waals surface area (Å²) in [7, 11) is 2.05. The van der Waals surface area contributed by atoms with Crippen LogP contribution < -0.4 is 5.73 Å². The summed E-state index contributed by atoms with van der Waals surface area (Å²) in [5.41, 5.74) is 6.72.